The lowest BCUT2D eigenvalue weighted by atomic mass is 9.73. The summed E-state index contributed by atoms with van der Waals surface area (Å²) in [6.45, 7) is 0.819. The average molecular weight is 389 g/mol. The molecule has 0 atom stereocenters. The highest BCUT2D eigenvalue weighted by atomic mass is 79.9. The number of likely N-dealkylation sites (tertiary alicyclic amines) is 1. The zero-order valence-electron chi connectivity index (χ0n) is 13.0. The van der Waals surface area contributed by atoms with Crippen molar-refractivity contribution in [2.45, 2.75) is 18.3 Å². The van der Waals surface area contributed by atoms with Crippen LogP contribution in [0, 0.1) is 0 Å². The van der Waals surface area contributed by atoms with E-state index < -0.39 is 11.4 Å². The van der Waals surface area contributed by atoms with Crippen molar-refractivity contribution < 1.29 is 14.7 Å². The SMILES string of the molecule is O=C(c1cncc(Br)c1)N1CCC(C(=O)O)(c2ccccc2)CC1. The molecule has 1 amide bonds. The number of halogens is 1. The van der Waals surface area contributed by atoms with Gasteiger partial charge in [-0.25, -0.2) is 0 Å². The van der Waals surface area contributed by atoms with Crippen molar-refractivity contribution >= 4 is 27.8 Å². The number of hydrogen-bond acceptors (Lipinski definition) is 3. The van der Waals surface area contributed by atoms with Crippen molar-refractivity contribution in [3.63, 3.8) is 0 Å². The lowest BCUT2D eigenvalue weighted by Gasteiger charge is -2.39. The van der Waals surface area contributed by atoms with Crippen LogP contribution in [0.3, 0.4) is 0 Å². The number of piperidine rings is 1. The molecular weight excluding hydrogens is 372 g/mol. The van der Waals surface area contributed by atoms with Gasteiger partial charge in [-0.05, 0) is 40.4 Å². The fourth-order valence-corrected chi connectivity index (χ4v) is 3.55. The Morgan fingerprint density at radius 3 is 2.38 bits per heavy atom. The Bertz CT molecular complexity index is 756. The Morgan fingerprint density at radius 2 is 1.79 bits per heavy atom. The molecule has 1 aromatic heterocycles. The second-order valence-electron chi connectivity index (χ2n) is 5.94. The molecule has 1 aromatic carbocycles. The van der Waals surface area contributed by atoms with Crippen molar-refractivity contribution in [3.05, 3.63) is 64.4 Å². The maximum Gasteiger partial charge on any atom is 0.314 e. The molecule has 0 unspecified atom stereocenters. The number of hydrogen-bond donors (Lipinski definition) is 1. The molecule has 2 heterocycles. The van der Waals surface area contributed by atoms with E-state index in [9.17, 15) is 14.7 Å². The van der Waals surface area contributed by atoms with Gasteiger partial charge >= 0.3 is 5.97 Å². The smallest absolute Gasteiger partial charge is 0.314 e. The summed E-state index contributed by atoms with van der Waals surface area (Å²) < 4.78 is 0.745. The highest BCUT2D eigenvalue weighted by molar-refractivity contribution is 9.10. The van der Waals surface area contributed by atoms with Gasteiger partial charge < -0.3 is 10.0 Å². The number of rotatable bonds is 3. The van der Waals surface area contributed by atoms with E-state index in [0.717, 1.165) is 10.0 Å². The minimum atomic E-state index is -0.923. The van der Waals surface area contributed by atoms with Gasteiger partial charge in [-0.3, -0.25) is 14.6 Å². The molecule has 1 saturated heterocycles. The number of benzene rings is 1. The number of carboxylic acids is 1. The lowest BCUT2D eigenvalue weighted by molar-refractivity contribution is -0.145. The van der Waals surface area contributed by atoms with Crippen LogP contribution < -0.4 is 0 Å². The van der Waals surface area contributed by atoms with Gasteiger partial charge in [0.05, 0.1) is 11.0 Å². The number of carbonyl (C=O) groups excluding carboxylic acids is 1. The third kappa shape index (κ3) is 3.06. The summed E-state index contributed by atoms with van der Waals surface area (Å²) in [6.07, 6.45) is 3.96. The van der Waals surface area contributed by atoms with Crippen LogP contribution >= 0.6 is 15.9 Å². The average Bonchev–Trinajstić information content (AvgIpc) is 2.62. The van der Waals surface area contributed by atoms with Gasteiger partial charge in [0.25, 0.3) is 5.91 Å². The van der Waals surface area contributed by atoms with Crippen LogP contribution in [0.2, 0.25) is 0 Å². The molecule has 0 aliphatic carbocycles. The van der Waals surface area contributed by atoms with Crippen molar-refractivity contribution in [2.24, 2.45) is 0 Å². The van der Waals surface area contributed by atoms with Crippen molar-refractivity contribution in [2.75, 3.05) is 13.1 Å². The number of aliphatic carboxylic acids is 1. The Morgan fingerprint density at radius 1 is 1.12 bits per heavy atom. The molecule has 1 aliphatic rings. The van der Waals surface area contributed by atoms with E-state index in [-0.39, 0.29) is 5.91 Å². The fraction of sp³-hybridized carbons (Fsp3) is 0.278. The monoisotopic (exact) mass is 388 g/mol. The van der Waals surface area contributed by atoms with Crippen molar-refractivity contribution in [1.29, 1.82) is 0 Å². The normalized spacial score (nSPS) is 16.6. The molecule has 24 heavy (non-hydrogen) atoms. The fourth-order valence-electron chi connectivity index (χ4n) is 3.19. The second kappa shape index (κ2) is 6.73. The molecule has 2 aromatic rings. The quantitative estimate of drug-likeness (QED) is 0.876. The predicted octanol–water partition coefficient (Wildman–Crippen LogP) is 3.10. The first kappa shape index (κ1) is 16.6. The van der Waals surface area contributed by atoms with Crippen LogP contribution in [-0.2, 0) is 10.2 Å². The van der Waals surface area contributed by atoms with E-state index in [1.807, 2.05) is 30.3 Å². The van der Waals surface area contributed by atoms with Gasteiger partial charge in [-0.15, -0.1) is 0 Å². The molecule has 0 radical (unpaired) electrons. The third-order valence-corrected chi connectivity index (χ3v) is 5.03. The Labute approximate surface area is 148 Å². The first-order chi connectivity index (χ1) is 11.5. The molecule has 3 rings (SSSR count). The Kier molecular flexibility index (Phi) is 4.66. The lowest BCUT2D eigenvalue weighted by Crippen LogP contribution is -2.49. The van der Waals surface area contributed by atoms with Gasteiger partial charge in [0.1, 0.15) is 0 Å². The zero-order chi connectivity index (χ0) is 17.2. The molecule has 1 fully saturated rings. The summed E-state index contributed by atoms with van der Waals surface area (Å²) in [4.78, 5) is 30.3. The number of nitrogens with zero attached hydrogens (tertiary/aromatic N) is 2. The highest BCUT2D eigenvalue weighted by Crippen LogP contribution is 2.36. The van der Waals surface area contributed by atoms with Crippen LogP contribution in [-0.4, -0.2) is 40.0 Å². The molecular formula is C18H17BrN2O3. The summed E-state index contributed by atoms with van der Waals surface area (Å²) in [5.41, 5.74) is 0.383. The minimum Gasteiger partial charge on any atom is -0.481 e. The van der Waals surface area contributed by atoms with Gasteiger partial charge in [-0.2, -0.15) is 0 Å². The van der Waals surface area contributed by atoms with Gasteiger partial charge in [0.15, 0.2) is 0 Å². The number of amides is 1. The van der Waals surface area contributed by atoms with Crippen LogP contribution in [0.1, 0.15) is 28.8 Å². The maximum absolute atomic E-state index is 12.6. The largest absolute Gasteiger partial charge is 0.481 e. The number of carbonyl (C=O) groups is 2. The highest BCUT2D eigenvalue weighted by Gasteiger charge is 2.43. The maximum atomic E-state index is 12.6. The van der Waals surface area contributed by atoms with Crippen LogP contribution in [0.15, 0.2) is 53.3 Å². The van der Waals surface area contributed by atoms with E-state index >= 15 is 0 Å². The standard InChI is InChI=1S/C18H17BrN2O3/c19-15-10-13(11-20-12-15)16(22)21-8-6-18(7-9-21,17(23)24)14-4-2-1-3-5-14/h1-5,10-12H,6-9H2,(H,23,24). The molecule has 5 nitrogen and oxygen atoms in total. The Balaban J connectivity index is 1.79. The summed E-state index contributed by atoms with van der Waals surface area (Å²) in [5.74, 6) is -0.944. The van der Waals surface area contributed by atoms with Gasteiger partial charge in [-0.1, -0.05) is 30.3 Å². The van der Waals surface area contributed by atoms with E-state index in [1.165, 1.54) is 6.20 Å². The summed E-state index contributed by atoms with van der Waals surface area (Å²) in [6, 6.07) is 11.0. The van der Waals surface area contributed by atoms with Crippen molar-refractivity contribution in [3.8, 4) is 0 Å². The minimum absolute atomic E-state index is 0.115. The molecule has 1 aliphatic heterocycles. The van der Waals surface area contributed by atoms with Gasteiger partial charge in [0, 0.05) is 30.0 Å². The topological polar surface area (TPSA) is 70.5 Å². The van der Waals surface area contributed by atoms with E-state index in [4.69, 9.17) is 0 Å². The molecule has 0 bridgehead atoms. The summed E-state index contributed by atoms with van der Waals surface area (Å²) in [5, 5.41) is 9.80. The van der Waals surface area contributed by atoms with E-state index in [1.54, 1.807) is 17.2 Å². The van der Waals surface area contributed by atoms with E-state index in [0.29, 0.717) is 31.5 Å². The van der Waals surface area contributed by atoms with Crippen LogP contribution in [0.5, 0.6) is 0 Å². The zero-order valence-corrected chi connectivity index (χ0v) is 14.6. The van der Waals surface area contributed by atoms with E-state index in [2.05, 4.69) is 20.9 Å². The molecule has 0 spiro atoms. The van der Waals surface area contributed by atoms with Crippen molar-refractivity contribution in [1.82, 2.24) is 9.88 Å². The van der Waals surface area contributed by atoms with Crippen LogP contribution in [0.4, 0.5) is 0 Å². The number of aromatic nitrogens is 1. The number of carboxylic acid groups (broad SMARTS) is 1. The number of pyridine rings is 1. The molecule has 124 valence electrons. The first-order valence-corrected chi connectivity index (χ1v) is 8.51. The van der Waals surface area contributed by atoms with Crippen LogP contribution in [0.25, 0.3) is 0 Å². The summed E-state index contributed by atoms with van der Waals surface area (Å²) >= 11 is 3.31. The molecule has 0 saturated carbocycles. The van der Waals surface area contributed by atoms with Gasteiger partial charge in [0.2, 0.25) is 0 Å². The Hall–Kier alpha value is -2.21. The predicted molar refractivity (Wildman–Crippen MR) is 92.8 cm³/mol. The first-order valence-electron chi connectivity index (χ1n) is 7.72. The third-order valence-electron chi connectivity index (χ3n) is 4.59. The molecule has 1 N–H and O–H groups in total. The summed E-state index contributed by atoms with van der Waals surface area (Å²) in [7, 11) is 0. The second-order valence-corrected chi connectivity index (χ2v) is 6.85. The molecule has 6 heteroatoms.